The number of hydrogen-bond donors (Lipinski definition) is 2. The highest BCUT2D eigenvalue weighted by Crippen LogP contribution is 2.31. The van der Waals surface area contributed by atoms with Crippen molar-refractivity contribution >= 4 is 23.3 Å². The molecule has 22 heavy (non-hydrogen) atoms. The average molecular weight is 331 g/mol. The molecule has 0 unspecified atom stereocenters. The molecule has 2 amide bonds. The summed E-state index contributed by atoms with van der Waals surface area (Å²) in [5.74, 6) is -0.512. The minimum Gasteiger partial charge on any atom is -0.396 e. The van der Waals surface area contributed by atoms with Crippen LogP contribution >= 0.6 is 11.6 Å². The Morgan fingerprint density at radius 1 is 1.45 bits per heavy atom. The van der Waals surface area contributed by atoms with E-state index in [0.717, 1.165) is 0 Å². The van der Waals surface area contributed by atoms with Gasteiger partial charge in [-0.3, -0.25) is 0 Å². The number of benzene rings is 1. The van der Waals surface area contributed by atoms with E-state index in [0.29, 0.717) is 38.3 Å². The molecule has 0 radical (unpaired) electrons. The van der Waals surface area contributed by atoms with Gasteiger partial charge in [-0.25, -0.2) is 9.18 Å². The molecule has 2 rings (SSSR count). The van der Waals surface area contributed by atoms with Gasteiger partial charge in [0.1, 0.15) is 5.82 Å². The van der Waals surface area contributed by atoms with Gasteiger partial charge in [0.2, 0.25) is 0 Å². The number of hydrogen-bond acceptors (Lipinski definition) is 3. The second-order valence-electron chi connectivity index (χ2n) is 5.71. The maximum absolute atomic E-state index is 13.3. The summed E-state index contributed by atoms with van der Waals surface area (Å²) in [4.78, 5) is 13.7. The summed E-state index contributed by atoms with van der Waals surface area (Å²) in [5.41, 5.74) is -0.0453. The van der Waals surface area contributed by atoms with Gasteiger partial charge in [0.25, 0.3) is 0 Å². The third kappa shape index (κ3) is 4.32. The predicted octanol–water partition coefficient (Wildman–Crippen LogP) is 2.73. The molecule has 0 bridgehead atoms. The first-order chi connectivity index (χ1) is 10.4. The monoisotopic (exact) mass is 330 g/mol. The summed E-state index contributed by atoms with van der Waals surface area (Å²) in [6, 6.07) is 3.48. The van der Waals surface area contributed by atoms with Crippen molar-refractivity contribution < 1.29 is 19.0 Å². The first kappa shape index (κ1) is 17.0. The van der Waals surface area contributed by atoms with E-state index in [-0.39, 0.29) is 23.1 Å². The standard InChI is InChI=1S/C15H20ClFN2O3/c1-19(9-15(10-20)2-4-22-5-3-15)14(21)18-13-7-11(16)6-12(17)8-13/h6-8,20H,2-5,9-10H2,1H3,(H,18,21). The normalized spacial score (nSPS) is 17.1. The summed E-state index contributed by atoms with van der Waals surface area (Å²) >= 11 is 5.76. The topological polar surface area (TPSA) is 61.8 Å². The van der Waals surface area contributed by atoms with Gasteiger partial charge >= 0.3 is 6.03 Å². The lowest BCUT2D eigenvalue weighted by Crippen LogP contribution is -2.45. The Labute approximate surface area is 134 Å². The Kier molecular flexibility index (Phi) is 5.61. The molecule has 0 atom stereocenters. The van der Waals surface area contributed by atoms with E-state index >= 15 is 0 Å². The van der Waals surface area contributed by atoms with Crippen molar-refractivity contribution in [2.45, 2.75) is 12.8 Å². The van der Waals surface area contributed by atoms with Gasteiger partial charge in [-0.05, 0) is 31.0 Å². The summed E-state index contributed by atoms with van der Waals surface area (Å²) in [7, 11) is 1.64. The number of urea groups is 1. The van der Waals surface area contributed by atoms with E-state index in [9.17, 15) is 14.3 Å². The van der Waals surface area contributed by atoms with Gasteiger partial charge < -0.3 is 20.1 Å². The van der Waals surface area contributed by atoms with Crippen molar-refractivity contribution in [2.75, 3.05) is 38.7 Å². The lowest BCUT2D eigenvalue weighted by atomic mass is 9.80. The Hall–Kier alpha value is -1.37. The second kappa shape index (κ2) is 7.26. The Morgan fingerprint density at radius 3 is 2.73 bits per heavy atom. The predicted molar refractivity (Wildman–Crippen MR) is 82.6 cm³/mol. The zero-order chi connectivity index (χ0) is 16.2. The summed E-state index contributed by atoms with van der Waals surface area (Å²) in [5, 5.41) is 12.5. The third-order valence-corrected chi connectivity index (χ3v) is 4.14. The fourth-order valence-corrected chi connectivity index (χ4v) is 2.81. The van der Waals surface area contributed by atoms with E-state index in [1.54, 1.807) is 7.05 Å². The molecular weight excluding hydrogens is 311 g/mol. The number of carbonyl (C=O) groups is 1. The SMILES string of the molecule is CN(CC1(CO)CCOCC1)C(=O)Nc1cc(F)cc(Cl)c1. The lowest BCUT2D eigenvalue weighted by Gasteiger charge is -2.38. The Morgan fingerprint density at radius 2 is 2.14 bits per heavy atom. The van der Waals surface area contributed by atoms with Crippen LogP contribution in [0.5, 0.6) is 0 Å². The van der Waals surface area contributed by atoms with E-state index in [2.05, 4.69) is 5.32 Å². The molecule has 1 aliphatic rings. The molecule has 0 spiro atoms. The van der Waals surface area contributed by atoms with Crippen LogP contribution < -0.4 is 5.32 Å². The molecule has 1 fully saturated rings. The summed E-state index contributed by atoms with van der Waals surface area (Å²) < 4.78 is 18.6. The quantitative estimate of drug-likeness (QED) is 0.892. The Balaban J connectivity index is 1.99. The number of anilines is 1. The number of aliphatic hydroxyl groups is 1. The maximum Gasteiger partial charge on any atom is 0.321 e. The van der Waals surface area contributed by atoms with Gasteiger partial charge in [-0.2, -0.15) is 0 Å². The van der Waals surface area contributed by atoms with Crippen LogP contribution in [0.25, 0.3) is 0 Å². The molecule has 5 nitrogen and oxygen atoms in total. The fourth-order valence-electron chi connectivity index (χ4n) is 2.59. The molecule has 0 aliphatic carbocycles. The third-order valence-electron chi connectivity index (χ3n) is 3.92. The number of ether oxygens (including phenoxy) is 1. The molecule has 0 saturated carbocycles. The van der Waals surface area contributed by atoms with Crippen LogP contribution in [0.4, 0.5) is 14.9 Å². The minimum atomic E-state index is -0.512. The zero-order valence-corrected chi connectivity index (χ0v) is 13.2. The second-order valence-corrected chi connectivity index (χ2v) is 6.15. The highest BCUT2D eigenvalue weighted by Gasteiger charge is 2.34. The number of amides is 2. The van der Waals surface area contributed by atoms with Crippen LogP contribution in [0, 0.1) is 11.2 Å². The number of nitrogens with zero attached hydrogens (tertiary/aromatic N) is 1. The first-order valence-corrected chi connectivity index (χ1v) is 7.49. The van der Waals surface area contributed by atoms with Gasteiger partial charge in [0.15, 0.2) is 0 Å². The molecule has 1 saturated heterocycles. The highest BCUT2D eigenvalue weighted by molar-refractivity contribution is 6.30. The molecule has 1 aromatic carbocycles. The molecule has 1 aliphatic heterocycles. The maximum atomic E-state index is 13.3. The number of carbonyl (C=O) groups excluding carboxylic acids is 1. The van der Waals surface area contributed by atoms with Crippen LogP contribution in [0.15, 0.2) is 18.2 Å². The Bertz CT molecular complexity index is 515. The van der Waals surface area contributed by atoms with Gasteiger partial charge in [0.05, 0.1) is 6.61 Å². The van der Waals surface area contributed by atoms with Gasteiger partial charge in [-0.1, -0.05) is 11.6 Å². The summed E-state index contributed by atoms with van der Waals surface area (Å²) in [6.07, 6.45) is 1.40. The van der Waals surface area contributed by atoms with Crippen LogP contribution in [0.1, 0.15) is 12.8 Å². The number of rotatable bonds is 4. The highest BCUT2D eigenvalue weighted by atomic mass is 35.5. The molecule has 1 aromatic rings. The van der Waals surface area contributed by atoms with E-state index in [4.69, 9.17) is 16.3 Å². The van der Waals surface area contributed by atoms with Crippen molar-refractivity contribution in [1.29, 1.82) is 0 Å². The van der Waals surface area contributed by atoms with Crippen LogP contribution in [-0.2, 0) is 4.74 Å². The lowest BCUT2D eigenvalue weighted by molar-refractivity contribution is -0.0255. The first-order valence-electron chi connectivity index (χ1n) is 7.11. The summed E-state index contributed by atoms with van der Waals surface area (Å²) in [6.45, 7) is 1.56. The van der Waals surface area contributed by atoms with Crippen molar-refractivity contribution in [3.63, 3.8) is 0 Å². The van der Waals surface area contributed by atoms with Crippen molar-refractivity contribution in [1.82, 2.24) is 4.90 Å². The van der Waals surface area contributed by atoms with Gasteiger partial charge in [0, 0.05) is 42.9 Å². The van der Waals surface area contributed by atoms with Crippen LogP contribution in [-0.4, -0.2) is 49.5 Å². The van der Waals surface area contributed by atoms with Crippen molar-refractivity contribution in [3.05, 3.63) is 29.0 Å². The molecule has 7 heteroatoms. The zero-order valence-electron chi connectivity index (χ0n) is 12.4. The average Bonchev–Trinajstić information content (AvgIpc) is 2.47. The molecule has 0 aromatic heterocycles. The van der Waals surface area contributed by atoms with Gasteiger partial charge in [-0.15, -0.1) is 0 Å². The largest absolute Gasteiger partial charge is 0.396 e. The molecule has 1 heterocycles. The van der Waals surface area contributed by atoms with Crippen LogP contribution in [0.2, 0.25) is 5.02 Å². The van der Waals surface area contributed by atoms with Crippen molar-refractivity contribution in [3.8, 4) is 0 Å². The smallest absolute Gasteiger partial charge is 0.321 e. The van der Waals surface area contributed by atoms with E-state index in [1.807, 2.05) is 0 Å². The molecule has 122 valence electrons. The van der Waals surface area contributed by atoms with E-state index < -0.39 is 5.82 Å². The number of halogens is 2. The molecule has 2 N–H and O–H groups in total. The fraction of sp³-hybridized carbons (Fsp3) is 0.533. The van der Waals surface area contributed by atoms with E-state index in [1.165, 1.54) is 23.1 Å². The number of aliphatic hydroxyl groups excluding tert-OH is 1. The minimum absolute atomic E-state index is 0.000225. The molecular formula is C15H20ClFN2O3. The van der Waals surface area contributed by atoms with Crippen LogP contribution in [0.3, 0.4) is 0 Å². The van der Waals surface area contributed by atoms with Crippen molar-refractivity contribution in [2.24, 2.45) is 5.41 Å². The number of nitrogens with one attached hydrogen (secondary N) is 1.